The van der Waals surface area contributed by atoms with Crippen molar-refractivity contribution in [2.45, 2.75) is 32.7 Å². The molecule has 1 N–H and O–H groups in total. The van der Waals surface area contributed by atoms with E-state index in [4.69, 9.17) is 4.98 Å². The van der Waals surface area contributed by atoms with E-state index in [0.29, 0.717) is 41.9 Å². The number of carbonyl (C=O) groups is 1. The normalized spacial score (nSPS) is 12.1. The standard InChI is InChI=1S/C30H34FN5O2/c1-5-21-15-17-22(18-16-21)36-28(32-25-13-9-7-11-23(25)29(36)37)27(6-2)35(20-19-34(3)4)30(38)33-26-14-10-8-12-24(26)31/h7-18,27H,5-6,19-20H2,1-4H3,(H,33,38). The lowest BCUT2D eigenvalue weighted by Gasteiger charge is -2.33. The van der Waals surface area contributed by atoms with Crippen molar-refractivity contribution in [2.24, 2.45) is 0 Å². The maximum Gasteiger partial charge on any atom is 0.322 e. The molecule has 0 saturated carbocycles. The molecule has 2 amide bonds. The molecule has 0 saturated heterocycles. The van der Waals surface area contributed by atoms with Crippen LogP contribution < -0.4 is 10.9 Å². The molecule has 7 nitrogen and oxygen atoms in total. The van der Waals surface area contributed by atoms with E-state index in [1.54, 1.807) is 33.7 Å². The highest BCUT2D eigenvalue weighted by atomic mass is 19.1. The summed E-state index contributed by atoms with van der Waals surface area (Å²) in [5.74, 6) is -0.0545. The minimum Gasteiger partial charge on any atom is -0.313 e. The van der Waals surface area contributed by atoms with Gasteiger partial charge in [0.2, 0.25) is 0 Å². The summed E-state index contributed by atoms with van der Waals surface area (Å²) in [6.07, 6.45) is 1.38. The van der Waals surface area contributed by atoms with Gasteiger partial charge in [0.15, 0.2) is 0 Å². The number of urea groups is 1. The van der Waals surface area contributed by atoms with Gasteiger partial charge in [0, 0.05) is 13.1 Å². The molecule has 0 fully saturated rings. The summed E-state index contributed by atoms with van der Waals surface area (Å²) >= 11 is 0. The maximum atomic E-state index is 14.4. The van der Waals surface area contributed by atoms with Crippen LogP contribution in [0.15, 0.2) is 77.6 Å². The second-order valence-electron chi connectivity index (χ2n) is 9.48. The molecule has 1 heterocycles. The highest BCUT2D eigenvalue weighted by Gasteiger charge is 2.29. The van der Waals surface area contributed by atoms with Crippen LogP contribution in [0.2, 0.25) is 0 Å². The van der Waals surface area contributed by atoms with Crippen molar-refractivity contribution in [1.82, 2.24) is 19.4 Å². The van der Waals surface area contributed by atoms with Gasteiger partial charge in [0.25, 0.3) is 5.56 Å². The lowest BCUT2D eigenvalue weighted by Crippen LogP contribution is -2.44. The van der Waals surface area contributed by atoms with Crippen molar-refractivity contribution >= 4 is 22.6 Å². The van der Waals surface area contributed by atoms with Crippen LogP contribution in [-0.4, -0.2) is 52.6 Å². The number of para-hydroxylation sites is 2. The van der Waals surface area contributed by atoms with Crippen molar-refractivity contribution in [3.05, 3.63) is 100 Å². The Kier molecular flexibility index (Phi) is 8.53. The molecule has 198 valence electrons. The van der Waals surface area contributed by atoms with Gasteiger partial charge in [-0.2, -0.15) is 0 Å². The van der Waals surface area contributed by atoms with E-state index in [0.717, 1.165) is 12.0 Å². The van der Waals surface area contributed by atoms with E-state index < -0.39 is 17.9 Å². The minimum atomic E-state index is -0.551. The number of amides is 2. The van der Waals surface area contributed by atoms with Crippen LogP contribution in [0.25, 0.3) is 16.6 Å². The summed E-state index contributed by atoms with van der Waals surface area (Å²) in [7, 11) is 3.85. The minimum absolute atomic E-state index is 0.0984. The number of hydrogen-bond donors (Lipinski definition) is 1. The van der Waals surface area contributed by atoms with Crippen LogP contribution in [0.5, 0.6) is 0 Å². The number of nitrogens with one attached hydrogen (secondary N) is 1. The Bertz CT molecular complexity index is 1470. The Morgan fingerprint density at radius 1 is 0.974 bits per heavy atom. The zero-order chi connectivity index (χ0) is 27.2. The second kappa shape index (κ2) is 12.0. The van der Waals surface area contributed by atoms with Crippen LogP contribution in [-0.2, 0) is 6.42 Å². The zero-order valence-electron chi connectivity index (χ0n) is 22.3. The summed E-state index contributed by atoms with van der Waals surface area (Å²) in [6.45, 7) is 4.96. The van der Waals surface area contributed by atoms with Crippen molar-refractivity contribution in [2.75, 3.05) is 32.5 Å². The largest absolute Gasteiger partial charge is 0.322 e. The van der Waals surface area contributed by atoms with Gasteiger partial charge in [-0.3, -0.25) is 9.36 Å². The van der Waals surface area contributed by atoms with Gasteiger partial charge in [0.05, 0.1) is 28.3 Å². The lowest BCUT2D eigenvalue weighted by atomic mass is 10.1. The Balaban J connectivity index is 1.87. The smallest absolute Gasteiger partial charge is 0.313 e. The Hall–Kier alpha value is -4.04. The molecule has 0 radical (unpaired) electrons. The SMILES string of the molecule is CCc1ccc(-n2c(C(CC)N(CCN(C)C)C(=O)Nc3ccccc3F)nc3ccccc3c2=O)cc1. The third-order valence-electron chi connectivity index (χ3n) is 6.63. The third-order valence-corrected chi connectivity index (χ3v) is 6.63. The molecule has 4 aromatic rings. The molecule has 0 bridgehead atoms. The zero-order valence-corrected chi connectivity index (χ0v) is 22.3. The van der Waals surface area contributed by atoms with Gasteiger partial charge in [-0.25, -0.2) is 14.2 Å². The lowest BCUT2D eigenvalue weighted by molar-refractivity contribution is 0.173. The number of rotatable bonds is 9. The quantitative estimate of drug-likeness (QED) is 0.314. The van der Waals surface area contributed by atoms with E-state index in [1.165, 1.54) is 12.1 Å². The first-order chi connectivity index (χ1) is 18.3. The van der Waals surface area contributed by atoms with Gasteiger partial charge < -0.3 is 15.1 Å². The summed E-state index contributed by atoms with van der Waals surface area (Å²) in [6, 6.07) is 20.1. The number of carbonyl (C=O) groups excluding carboxylic acids is 1. The molecule has 8 heteroatoms. The fraction of sp³-hybridized carbons (Fsp3) is 0.300. The van der Waals surface area contributed by atoms with E-state index in [9.17, 15) is 14.0 Å². The van der Waals surface area contributed by atoms with Gasteiger partial charge in [-0.1, -0.05) is 50.2 Å². The number of benzene rings is 3. The molecule has 0 aliphatic rings. The molecule has 0 spiro atoms. The molecule has 1 atom stereocenters. The number of likely N-dealkylation sites (N-methyl/N-ethyl adjacent to an activating group) is 1. The number of aromatic nitrogens is 2. The third kappa shape index (κ3) is 5.75. The summed E-state index contributed by atoms with van der Waals surface area (Å²) in [5.41, 5.74) is 2.30. The Labute approximate surface area is 222 Å². The first kappa shape index (κ1) is 27.0. The summed E-state index contributed by atoms with van der Waals surface area (Å²) < 4.78 is 16.0. The average molecular weight is 516 g/mol. The van der Waals surface area contributed by atoms with Crippen molar-refractivity contribution in [3.8, 4) is 5.69 Å². The van der Waals surface area contributed by atoms with Crippen LogP contribution in [0.4, 0.5) is 14.9 Å². The first-order valence-corrected chi connectivity index (χ1v) is 12.9. The van der Waals surface area contributed by atoms with Crippen LogP contribution in [0.3, 0.4) is 0 Å². The van der Waals surface area contributed by atoms with Crippen molar-refractivity contribution in [3.63, 3.8) is 0 Å². The van der Waals surface area contributed by atoms with Crippen LogP contribution in [0, 0.1) is 5.82 Å². The van der Waals surface area contributed by atoms with Gasteiger partial charge >= 0.3 is 6.03 Å². The molecular formula is C30H34FN5O2. The molecule has 0 aliphatic carbocycles. The van der Waals surface area contributed by atoms with Crippen LogP contribution >= 0.6 is 0 Å². The fourth-order valence-corrected chi connectivity index (χ4v) is 4.50. The Morgan fingerprint density at radius 2 is 1.66 bits per heavy atom. The second-order valence-corrected chi connectivity index (χ2v) is 9.48. The van der Waals surface area contributed by atoms with Crippen molar-refractivity contribution in [1.29, 1.82) is 0 Å². The number of aryl methyl sites for hydroxylation is 1. The van der Waals surface area contributed by atoms with Gasteiger partial charge in [0.1, 0.15) is 11.6 Å². The predicted molar refractivity (Wildman–Crippen MR) is 150 cm³/mol. The van der Waals surface area contributed by atoms with Crippen LogP contribution in [0.1, 0.15) is 37.7 Å². The van der Waals surface area contributed by atoms with E-state index in [-0.39, 0.29) is 11.2 Å². The molecule has 4 rings (SSSR count). The van der Waals surface area contributed by atoms with E-state index in [1.807, 2.05) is 62.3 Å². The average Bonchev–Trinajstić information content (AvgIpc) is 2.92. The molecule has 38 heavy (non-hydrogen) atoms. The predicted octanol–water partition coefficient (Wildman–Crippen LogP) is 5.63. The van der Waals surface area contributed by atoms with E-state index in [2.05, 4.69) is 12.2 Å². The summed E-state index contributed by atoms with van der Waals surface area (Å²) in [4.78, 5) is 36.1. The highest BCUT2D eigenvalue weighted by Crippen LogP contribution is 2.27. The maximum absolute atomic E-state index is 14.4. The topological polar surface area (TPSA) is 70.5 Å². The monoisotopic (exact) mass is 515 g/mol. The number of fused-ring (bicyclic) bond motifs is 1. The number of hydrogen-bond acceptors (Lipinski definition) is 4. The van der Waals surface area contributed by atoms with Gasteiger partial charge in [-0.05, 0) is 68.9 Å². The molecule has 1 unspecified atom stereocenters. The fourth-order valence-electron chi connectivity index (χ4n) is 4.50. The first-order valence-electron chi connectivity index (χ1n) is 12.9. The molecular weight excluding hydrogens is 481 g/mol. The highest BCUT2D eigenvalue weighted by molar-refractivity contribution is 5.89. The number of halogens is 1. The van der Waals surface area contributed by atoms with E-state index >= 15 is 0 Å². The summed E-state index contributed by atoms with van der Waals surface area (Å²) in [5, 5.41) is 3.22. The van der Waals surface area contributed by atoms with Gasteiger partial charge in [-0.15, -0.1) is 0 Å². The molecule has 3 aromatic carbocycles. The van der Waals surface area contributed by atoms with Crippen molar-refractivity contribution < 1.29 is 9.18 Å². The number of nitrogens with zero attached hydrogens (tertiary/aromatic N) is 4. The Morgan fingerprint density at radius 3 is 2.32 bits per heavy atom. The molecule has 1 aromatic heterocycles. The molecule has 0 aliphatic heterocycles. The number of anilines is 1.